The number of barbiturate groups is 1. The molecule has 2 heterocycles. The van der Waals surface area contributed by atoms with E-state index in [0.29, 0.717) is 5.69 Å². The Morgan fingerprint density at radius 1 is 0.875 bits per heavy atom. The van der Waals surface area contributed by atoms with Gasteiger partial charge in [-0.05, 0) is 81.3 Å². The van der Waals surface area contributed by atoms with E-state index in [9.17, 15) is 14.4 Å². The number of nitrogens with zero attached hydrogens (tertiary/aromatic N) is 2. The highest BCUT2D eigenvalue weighted by Gasteiger charge is 2.37. The second-order valence-electron chi connectivity index (χ2n) is 7.89. The van der Waals surface area contributed by atoms with Crippen LogP contribution < -0.4 is 10.2 Å². The minimum absolute atomic E-state index is 0.0857. The van der Waals surface area contributed by atoms with Crippen molar-refractivity contribution in [3.8, 4) is 5.69 Å². The Bertz CT molecular complexity index is 1300. The van der Waals surface area contributed by atoms with Gasteiger partial charge in [0, 0.05) is 21.5 Å². The summed E-state index contributed by atoms with van der Waals surface area (Å²) in [6.45, 7) is 7.84. The fourth-order valence-corrected chi connectivity index (χ4v) is 4.09. The molecular weight excluding hydrogens is 470 g/mol. The number of aryl methyl sites for hydroxylation is 3. The van der Waals surface area contributed by atoms with Crippen molar-refractivity contribution in [3.05, 3.63) is 86.7 Å². The molecule has 6 nitrogen and oxygen atoms in total. The van der Waals surface area contributed by atoms with E-state index >= 15 is 0 Å². The molecule has 0 spiro atoms. The second kappa shape index (κ2) is 8.24. The number of benzene rings is 2. The summed E-state index contributed by atoms with van der Waals surface area (Å²) >= 11 is 3.52. The molecule has 0 unspecified atom stereocenters. The van der Waals surface area contributed by atoms with Crippen molar-refractivity contribution in [2.24, 2.45) is 0 Å². The summed E-state index contributed by atoms with van der Waals surface area (Å²) in [7, 11) is 0. The third-order valence-corrected chi connectivity index (χ3v) is 6.45. The lowest BCUT2D eigenvalue weighted by Crippen LogP contribution is -2.54. The van der Waals surface area contributed by atoms with E-state index in [-0.39, 0.29) is 5.57 Å². The molecule has 32 heavy (non-hydrogen) atoms. The van der Waals surface area contributed by atoms with Gasteiger partial charge in [0.05, 0.1) is 5.69 Å². The Balaban J connectivity index is 1.76. The van der Waals surface area contributed by atoms with Gasteiger partial charge in [0.15, 0.2) is 0 Å². The molecule has 1 aromatic heterocycles. The number of halogens is 1. The van der Waals surface area contributed by atoms with E-state index in [0.717, 1.165) is 43.1 Å². The van der Waals surface area contributed by atoms with E-state index in [1.54, 1.807) is 18.2 Å². The van der Waals surface area contributed by atoms with Gasteiger partial charge in [0.1, 0.15) is 5.57 Å². The number of anilines is 1. The molecule has 3 aromatic rings. The van der Waals surface area contributed by atoms with E-state index in [4.69, 9.17) is 0 Å². The molecule has 0 radical (unpaired) electrons. The number of urea groups is 1. The maximum Gasteiger partial charge on any atom is 0.335 e. The number of carbonyl (C=O) groups is 3. The van der Waals surface area contributed by atoms with Crippen LogP contribution in [0.5, 0.6) is 0 Å². The van der Waals surface area contributed by atoms with Gasteiger partial charge in [0.2, 0.25) is 0 Å². The van der Waals surface area contributed by atoms with Crippen LogP contribution >= 0.6 is 15.9 Å². The Hall–Kier alpha value is -3.45. The van der Waals surface area contributed by atoms with Crippen molar-refractivity contribution < 1.29 is 14.4 Å². The Morgan fingerprint density at radius 2 is 1.53 bits per heavy atom. The quantitative estimate of drug-likeness (QED) is 0.407. The summed E-state index contributed by atoms with van der Waals surface area (Å²) in [5, 5.41) is 2.28. The highest BCUT2D eigenvalue weighted by Crippen LogP contribution is 2.27. The first-order chi connectivity index (χ1) is 15.2. The van der Waals surface area contributed by atoms with Crippen LogP contribution in [0.2, 0.25) is 0 Å². The highest BCUT2D eigenvalue weighted by molar-refractivity contribution is 9.10. The van der Waals surface area contributed by atoms with Crippen LogP contribution in [0.1, 0.15) is 28.1 Å². The van der Waals surface area contributed by atoms with Crippen LogP contribution in [-0.4, -0.2) is 22.4 Å². The van der Waals surface area contributed by atoms with Gasteiger partial charge >= 0.3 is 6.03 Å². The predicted octanol–water partition coefficient (Wildman–Crippen LogP) is 5.14. The number of carbonyl (C=O) groups excluding carboxylic acids is 3. The van der Waals surface area contributed by atoms with Crippen LogP contribution in [0.15, 0.2) is 58.6 Å². The van der Waals surface area contributed by atoms with Gasteiger partial charge in [0.25, 0.3) is 11.8 Å². The Labute approximate surface area is 194 Å². The summed E-state index contributed by atoms with van der Waals surface area (Å²) in [6.07, 6.45) is 1.55. The van der Waals surface area contributed by atoms with E-state index in [1.165, 1.54) is 0 Å². The molecule has 7 heteroatoms. The van der Waals surface area contributed by atoms with Gasteiger partial charge in [-0.2, -0.15) is 0 Å². The molecular formula is C25H22BrN3O3. The minimum atomic E-state index is -0.753. The molecule has 162 valence electrons. The van der Waals surface area contributed by atoms with E-state index in [2.05, 4.69) is 31.9 Å². The smallest absolute Gasteiger partial charge is 0.318 e. The third kappa shape index (κ3) is 3.80. The predicted molar refractivity (Wildman–Crippen MR) is 128 cm³/mol. The number of aromatic nitrogens is 1. The van der Waals surface area contributed by atoms with Crippen molar-refractivity contribution in [2.75, 3.05) is 4.90 Å². The Kier molecular flexibility index (Phi) is 5.60. The summed E-state index contributed by atoms with van der Waals surface area (Å²) < 4.78 is 3.09. The highest BCUT2D eigenvalue weighted by atomic mass is 79.9. The minimum Gasteiger partial charge on any atom is -0.318 e. The Morgan fingerprint density at radius 3 is 2.19 bits per heavy atom. The lowest BCUT2D eigenvalue weighted by molar-refractivity contribution is -0.122. The number of hydrogen-bond donors (Lipinski definition) is 1. The molecule has 0 bridgehead atoms. The van der Waals surface area contributed by atoms with Crippen LogP contribution in [0.3, 0.4) is 0 Å². The van der Waals surface area contributed by atoms with Crippen molar-refractivity contribution in [1.82, 2.24) is 9.88 Å². The first-order valence-corrected chi connectivity index (χ1v) is 10.9. The second-order valence-corrected chi connectivity index (χ2v) is 8.74. The molecule has 1 fully saturated rings. The maximum atomic E-state index is 13.2. The molecule has 1 saturated heterocycles. The van der Waals surface area contributed by atoms with Crippen LogP contribution in [0.25, 0.3) is 11.8 Å². The lowest BCUT2D eigenvalue weighted by atomic mass is 10.1. The molecule has 0 saturated carbocycles. The number of imide groups is 2. The molecule has 2 aromatic carbocycles. The van der Waals surface area contributed by atoms with Gasteiger partial charge in [-0.25, -0.2) is 9.69 Å². The average molecular weight is 492 g/mol. The zero-order valence-electron chi connectivity index (χ0n) is 18.2. The van der Waals surface area contributed by atoms with Crippen LogP contribution in [-0.2, 0) is 9.59 Å². The summed E-state index contributed by atoms with van der Waals surface area (Å²) in [4.78, 5) is 39.1. The standard InChI is InChI=1S/C25H22BrN3O3/c1-14-5-7-19(8-6-14)29-24(31)21(23(30)27-25(29)32)13-18-12-16(3)28(17(18)4)20-9-10-22(26)15(2)11-20/h5-13H,1-4H3,(H,27,30,32)/b21-13+. The molecule has 1 N–H and O–H groups in total. The fraction of sp³-hybridized carbons (Fsp3) is 0.160. The maximum absolute atomic E-state index is 13.2. The van der Waals surface area contributed by atoms with Crippen molar-refractivity contribution in [3.63, 3.8) is 0 Å². The lowest BCUT2D eigenvalue weighted by Gasteiger charge is -2.26. The zero-order valence-corrected chi connectivity index (χ0v) is 19.8. The van der Waals surface area contributed by atoms with Crippen molar-refractivity contribution >= 4 is 45.5 Å². The zero-order chi connectivity index (χ0) is 23.2. The fourth-order valence-electron chi connectivity index (χ4n) is 3.84. The molecule has 0 aliphatic carbocycles. The first kappa shape index (κ1) is 21.8. The first-order valence-electron chi connectivity index (χ1n) is 10.1. The largest absolute Gasteiger partial charge is 0.335 e. The molecule has 4 rings (SSSR count). The topological polar surface area (TPSA) is 71.4 Å². The molecule has 1 aliphatic heterocycles. The normalized spacial score (nSPS) is 15.5. The van der Waals surface area contributed by atoms with Crippen molar-refractivity contribution in [1.29, 1.82) is 0 Å². The monoisotopic (exact) mass is 491 g/mol. The van der Waals surface area contributed by atoms with E-state index in [1.807, 2.05) is 58.0 Å². The van der Waals surface area contributed by atoms with Gasteiger partial charge in [-0.1, -0.05) is 33.6 Å². The van der Waals surface area contributed by atoms with Crippen molar-refractivity contribution in [2.45, 2.75) is 27.7 Å². The van der Waals surface area contributed by atoms with Crippen LogP contribution in [0, 0.1) is 27.7 Å². The third-order valence-electron chi connectivity index (χ3n) is 5.56. The van der Waals surface area contributed by atoms with Crippen LogP contribution in [0.4, 0.5) is 10.5 Å². The number of hydrogen-bond acceptors (Lipinski definition) is 3. The number of nitrogens with one attached hydrogen (secondary N) is 1. The molecule has 1 aliphatic rings. The average Bonchev–Trinajstić information content (AvgIpc) is 3.01. The summed E-state index contributed by atoms with van der Waals surface area (Å²) in [5.41, 5.74) is 6.00. The van der Waals surface area contributed by atoms with Gasteiger partial charge in [-0.3, -0.25) is 14.9 Å². The number of rotatable bonds is 3. The molecule has 4 amide bonds. The van der Waals surface area contributed by atoms with Gasteiger partial charge in [-0.15, -0.1) is 0 Å². The summed E-state index contributed by atoms with van der Waals surface area (Å²) in [5.74, 6) is -1.35. The number of amides is 4. The SMILES string of the molecule is Cc1ccc(N2C(=O)NC(=O)/C(=C\c3cc(C)n(-c4ccc(Br)c(C)c4)c3C)C2=O)cc1. The molecule has 0 atom stereocenters. The van der Waals surface area contributed by atoms with E-state index < -0.39 is 17.8 Å². The summed E-state index contributed by atoms with van der Waals surface area (Å²) in [6, 6.07) is 14.2. The van der Waals surface area contributed by atoms with Gasteiger partial charge < -0.3 is 4.57 Å².